The molecule has 1 heterocycles. The largest absolute Gasteiger partial charge is 0.454 e. The van der Waals surface area contributed by atoms with Crippen LogP contribution in [0.4, 0.5) is 0 Å². The van der Waals surface area contributed by atoms with Crippen molar-refractivity contribution in [1.82, 2.24) is 0 Å². The molecule has 84 valence electrons. The number of hydrogen-bond donors (Lipinski definition) is 0. The Hall–Kier alpha value is -1.41. The van der Waals surface area contributed by atoms with Gasteiger partial charge in [-0.3, -0.25) is 0 Å². The van der Waals surface area contributed by atoms with E-state index in [0.29, 0.717) is 5.03 Å². The predicted octanol–water partition coefficient (Wildman–Crippen LogP) is 3.96. The van der Waals surface area contributed by atoms with Gasteiger partial charge in [0.05, 0.1) is 0 Å². The maximum absolute atomic E-state index is 6.17. The van der Waals surface area contributed by atoms with Crippen LogP contribution in [0.3, 0.4) is 0 Å². The molecule has 16 heavy (non-hydrogen) atoms. The third kappa shape index (κ3) is 2.39. The number of allylic oxidation sites excluding steroid dienone is 3. The highest BCUT2D eigenvalue weighted by molar-refractivity contribution is 6.48. The highest BCUT2D eigenvalue weighted by Gasteiger charge is 2.13. The Labute approximate surface area is 100 Å². The summed E-state index contributed by atoms with van der Waals surface area (Å²) in [6.07, 6.45) is 3.86. The molecule has 0 N–H and O–H groups in total. The second-order valence-corrected chi connectivity index (χ2v) is 4.23. The standard InChI is InChI=1S/C13H13ClO2/c1-9(2)3-5-11(14)10-4-6-12-13(7-10)16-8-15-12/h3-7H,8H2,1-2H3. The Morgan fingerprint density at radius 1 is 1.19 bits per heavy atom. The van der Waals surface area contributed by atoms with Crippen LogP contribution < -0.4 is 9.47 Å². The van der Waals surface area contributed by atoms with Gasteiger partial charge in [0.1, 0.15) is 0 Å². The van der Waals surface area contributed by atoms with E-state index in [1.807, 2.05) is 44.2 Å². The first-order valence-corrected chi connectivity index (χ1v) is 5.45. The molecular formula is C13H13ClO2. The highest BCUT2D eigenvalue weighted by atomic mass is 35.5. The van der Waals surface area contributed by atoms with Gasteiger partial charge in [0.25, 0.3) is 0 Å². The Morgan fingerprint density at radius 3 is 2.69 bits per heavy atom. The summed E-state index contributed by atoms with van der Waals surface area (Å²) >= 11 is 6.17. The molecule has 1 aliphatic heterocycles. The number of rotatable bonds is 2. The quantitative estimate of drug-likeness (QED) is 0.724. The molecule has 1 aromatic carbocycles. The first-order chi connectivity index (χ1) is 7.66. The Kier molecular flexibility index (Phi) is 3.20. The van der Waals surface area contributed by atoms with Crippen molar-refractivity contribution in [3.63, 3.8) is 0 Å². The topological polar surface area (TPSA) is 18.5 Å². The van der Waals surface area contributed by atoms with Gasteiger partial charge in [0.15, 0.2) is 11.5 Å². The molecule has 3 heteroatoms. The van der Waals surface area contributed by atoms with E-state index in [2.05, 4.69) is 0 Å². The van der Waals surface area contributed by atoms with E-state index in [9.17, 15) is 0 Å². The molecule has 0 amide bonds. The van der Waals surface area contributed by atoms with Crippen molar-refractivity contribution in [3.05, 3.63) is 41.5 Å². The van der Waals surface area contributed by atoms with Crippen molar-refractivity contribution in [2.75, 3.05) is 6.79 Å². The number of fused-ring (bicyclic) bond motifs is 1. The Balaban J connectivity index is 2.28. The fraction of sp³-hybridized carbons (Fsp3) is 0.231. The van der Waals surface area contributed by atoms with Crippen molar-refractivity contribution < 1.29 is 9.47 Å². The van der Waals surface area contributed by atoms with E-state index in [-0.39, 0.29) is 6.79 Å². The van der Waals surface area contributed by atoms with Gasteiger partial charge in [-0.15, -0.1) is 0 Å². The van der Waals surface area contributed by atoms with Crippen LogP contribution in [-0.2, 0) is 0 Å². The fourth-order valence-electron chi connectivity index (χ4n) is 1.38. The van der Waals surface area contributed by atoms with Crippen LogP contribution in [0.5, 0.6) is 11.5 Å². The van der Waals surface area contributed by atoms with Crippen LogP contribution in [0.25, 0.3) is 5.03 Å². The molecule has 2 rings (SSSR count). The van der Waals surface area contributed by atoms with E-state index in [1.54, 1.807) is 0 Å². The summed E-state index contributed by atoms with van der Waals surface area (Å²) in [5.41, 5.74) is 2.14. The predicted molar refractivity (Wildman–Crippen MR) is 65.8 cm³/mol. The summed E-state index contributed by atoms with van der Waals surface area (Å²) < 4.78 is 10.5. The lowest BCUT2D eigenvalue weighted by molar-refractivity contribution is 0.174. The second-order valence-electron chi connectivity index (χ2n) is 3.83. The summed E-state index contributed by atoms with van der Waals surface area (Å²) in [7, 11) is 0. The van der Waals surface area contributed by atoms with E-state index in [1.165, 1.54) is 5.57 Å². The summed E-state index contributed by atoms with van der Waals surface area (Å²) in [5, 5.41) is 0.694. The van der Waals surface area contributed by atoms with Crippen LogP contribution in [0, 0.1) is 0 Å². The molecule has 2 nitrogen and oxygen atoms in total. The zero-order valence-corrected chi connectivity index (χ0v) is 10.0. The van der Waals surface area contributed by atoms with E-state index < -0.39 is 0 Å². The molecule has 0 unspecified atom stereocenters. The van der Waals surface area contributed by atoms with Crippen LogP contribution in [-0.4, -0.2) is 6.79 Å². The van der Waals surface area contributed by atoms with E-state index in [4.69, 9.17) is 21.1 Å². The zero-order valence-electron chi connectivity index (χ0n) is 9.29. The lowest BCUT2D eigenvalue weighted by Crippen LogP contribution is -1.92. The van der Waals surface area contributed by atoms with Gasteiger partial charge in [-0.25, -0.2) is 0 Å². The summed E-state index contributed by atoms with van der Waals surface area (Å²) in [6.45, 7) is 4.34. The van der Waals surface area contributed by atoms with Crippen LogP contribution in [0.2, 0.25) is 0 Å². The molecule has 0 saturated carbocycles. The fourth-order valence-corrected chi connectivity index (χ4v) is 1.56. The van der Waals surface area contributed by atoms with Gasteiger partial charge < -0.3 is 9.47 Å². The normalized spacial score (nSPS) is 13.8. The van der Waals surface area contributed by atoms with Crippen molar-refractivity contribution in [2.45, 2.75) is 13.8 Å². The molecule has 1 aliphatic rings. The van der Waals surface area contributed by atoms with Crippen molar-refractivity contribution >= 4 is 16.6 Å². The molecule has 0 radical (unpaired) electrons. The van der Waals surface area contributed by atoms with Gasteiger partial charge in [0, 0.05) is 5.03 Å². The Morgan fingerprint density at radius 2 is 1.94 bits per heavy atom. The lowest BCUT2D eigenvalue weighted by Gasteiger charge is -2.00. The molecule has 0 aromatic heterocycles. The van der Waals surface area contributed by atoms with E-state index >= 15 is 0 Å². The smallest absolute Gasteiger partial charge is 0.231 e. The molecule has 0 spiro atoms. The summed E-state index contributed by atoms with van der Waals surface area (Å²) in [6, 6.07) is 5.68. The summed E-state index contributed by atoms with van der Waals surface area (Å²) in [4.78, 5) is 0. The first kappa shape index (κ1) is 11.1. The minimum atomic E-state index is 0.286. The van der Waals surface area contributed by atoms with Crippen LogP contribution in [0.15, 0.2) is 35.9 Å². The van der Waals surface area contributed by atoms with Crippen molar-refractivity contribution in [2.24, 2.45) is 0 Å². The highest BCUT2D eigenvalue weighted by Crippen LogP contribution is 2.35. The molecular weight excluding hydrogens is 224 g/mol. The zero-order chi connectivity index (χ0) is 11.5. The maximum atomic E-state index is 6.17. The number of benzene rings is 1. The van der Waals surface area contributed by atoms with Crippen LogP contribution >= 0.6 is 11.6 Å². The summed E-state index contributed by atoms with van der Waals surface area (Å²) in [5.74, 6) is 1.52. The molecule has 0 atom stereocenters. The molecule has 0 saturated heterocycles. The first-order valence-electron chi connectivity index (χ1n) is 5.07. The monoisotopic (exact) mass is 236 g/mol. The van der Waals surface area contributed by atoms with Gasteiger partial charge in [-0.05, 0) is 43.7 Å². The SMILES string of the molecule is CC(C)=CC=C(Cl)c1ccc2c(c1)OCO2. The molecule has 1 aromatic rings. The van der Waals surface area contributed by atoms with Crippen molar-refractivity contribution in [3.8, 4) is 11.5 Å². The van der Waals surface area contributed by atoms with Crippen LogP contribution in [0.1, 0.15) is 19.4 Å². The average molecular weight is 237 g/mol. The molecule has 0 aliphatic carbocycles. The average Bonchev–Trinajstić information content (AvgIpc) is 2.72. The van der Waals surface area contributed by atoms with Gasteiger partial charge in [-0.1, -0.05) is 23.3 Å². The Bertz CT molecular complexity index is 457. The number of halogens is 1. The molecule has 0 bridgehead atoms. The van der Waals surface area contributed by atoms with E-state index in [0.717, 1.165) is 17.1 Å². The number of hydrogen-bond acceptors (Lipinski definition) is 2. The van der Waals surface area contributed by atoms with Crippen molar-refractivity contribution in [1.29, 1.82) is 0 Å². The molecule has 0 fully saturated rings. The third-order valence-corrected chi connectivity index (χ3v) is 2.56. The minimum absolute atomic E-state index is 0.286. The van der Waals surface area contributed by atoms with Gasteiger partial charge in [-0.2, -0.15) is 0 Å². The second kappa shape index (κ2) is 4.62. The lowest BCUT2D eigenvalue weighted by atomic mass is 10.1. The van der Waals surface area contributed by atoms with Gasteiger partial charge in [0.2, 0.25) is 6.79 Å². The van der Waals surface area contributed by atoms with Gasteiger partial charge >= 0.3 is 0 Å². The third-order valence-electron chi connectivity index (χ3n) is 2.21. The number of ether oxygens (including phenoxy) is 2. The maximum Gasteiger partial charge on any atom is 0.231 e. The minimum Gasteiger partial charge on any atom is -0.454 e.